The molecule has 0 aliphatic rings. The lowest BCUT2D eigenvalue weighted by molar-refractivity contribution is 0.0528. The number of rotatable bonds is 8. The Hall–Kier alpha value is -4.99. The number of carbonyl (C=O) groups is 2. The van der Waals surface area contributed by atoms with Crippen molar-refractivity contribution in [2.75, 3.05) is 11.9 Å². The van der Waals surface area contributed by atoms with Crippen molar-refractivity contribution in [1.29, 1.82) is 0 Å². The van der Waals surface area contributed by atoms with Crippen LogP contribution in [0.4, 0.5) is 5.69 Å². The lowest BCUT2D eigenvalue weighted by Gasteiger charge is -2.19. The molecule has 204 valence electrons. The second kappa shape index (κ2) is 11.0. The SMILES string of the molecule is CCOC(=O)c1cnn2c(-c3cccc(NC(=O)c4ccn(COc5ccc(C(C)(C)C)cc5)n4)c3)ccnc12. The Kier molecular flexibility index (Phi) is 7.33. The fraction of sp³-hybridized carbons (Fsp3) is 0.233. The average molecular weight is 539 g/mol. The first kappa shape index (κ1) is 26.6. The highest BCUT2D eigenvalue weighted by molar-refractivity contribution is 6.03. The predicted molar refractivity (Wildman–Crippen MR) is 150 cm³/mol. The Morgan fingerprint density at radius 3 is 2.58 bits per heavy atom. The minimum absolute atomic E-state index is 0.0691. The van der Waals surface area contributed by atoms with Crippen LogP contribution < -0.4 is 10.1 Å². The average Bonchev–Trinajstić information content (AvgIpc) is 3.60. The highest BCUT2D eigenvalue weighted by Crippen LogP contribution is 2.25. The number of nitrogens with one attached hydrogen (secondary N) is 1. The molecule has 0 atom stereocenters. The molecule has 0 unspecified atom stereocenters. The minimum atomic E-state index is -0.480. The zero-order valence-electron chi connectivity index (χ0n) is 22.8. The van der Waals surface area contributed by atoms with Crippen molar-refractivity contribution >= 4 is 23.2 Å². The van der Waals surface area contributed by atoms with Crippen molar-refractivity contribution in [3.63, 3.8) is 0 Å². The fourth-order valence-electron chi connectivity index (χ4n) is 4.16. The van der Waals surface area contributed by atoms with Crippen molar-refractivity contribution < 1.29 is 19.1 Å². The number of esters is 1. The van der Waals surface area contributed by atoms with E-state index in [2.05, 4.69) is 41.3 Å². The molecule has 1 amide bonds. The molecular formula is C30H30N6O4. The molecule has 0 bridgehead atoms. The van der Waals surface area contributed by atoms with E-state index >= 15 is 0 Å². The van der Waals surface area contributed by atoms with Crippen LogP contribution in [0.5, 0.6) is 5.75 Å². The van der Waals surface area contributed by atoms with Gasteiger partial charge in [0.05, 0.1) is 18.5 Å². The zero-order chi connectivity index (χ0) is 28.3. The summed E-state index contributed by atoms with van der Waals surface area (Å²) >= 11 is 0. The first-order valence-electron chi connectivity index (χ1n) is 12.9. The van der Waals surface area contributed by atoms with Crippen LogP contribution in [0.1, 0.15) is 54.1 Å². The van der Waals surface area contributed by atoms with Crippen LogP contribution in [-0.2, 0) is 16.9 Å². The van der Waals surface area contributed by atoms with Gasteiger partial charge in [0.2, 0.25) is 0 Å². The quantitative estimate of drug-likeness (QED) is 0.265. The first-order valence-corrected chi connectivity index (χ1v) is 12.9. The molecule has 0 spiro atoms. The van der Waals surface area contributed by atoms with Crippen molar-refractivity contribution in [1.82, 2.24) is 24.4 Å². The summed E-state index contributed by atoms with van der Waals surface area (Å²) in [4.78, 5) is 29.5. The van der Waals surface area contributed by atoms with E-state index < -0.39 is 5.97 Å². The Morgan fingerprint density at radius 1 is 1.02 bits per heavy atom. The monoisotopic (exact) mass is 538 g/mol. The smallest absolute Gasteiger partial charge is 0.343 e. The standard InChI is InChI=1S/C30H30N6O4/c1-5-39-29(38)24-18-32-36-26(13-15-31-27(24)36)20-7-6-8-22(17-20)33-28(37)25-14-16-35(34-25)19-40-23-11-9-21(10-12-23)30(2,3)4/h6-18H,5,19H2,1-4H3,(H,33,37). The van der Waals surface area contributed by atoms with E-state index in [1.165, 1.54) is 11.8 Å². The van der Waals surface area contributed by atoms with Crippen molar-refractivity contribution in [3.05, 3.63) is 96.1 Å². The van der Waals surface area contributed by atoms with Gasteiger partial charge < -0.3 is 14.8 Å². The highest BCUT2D eigenvalue weighted by Gasteiger charge is 2.18. The van der Waals surface area contributed by atoms with E-state index in [1.807, 2.05) is 42.5 Å². The first-order chi connectivity index (χ1) is 19.2. The van der Waals surface area contributed by atoms with Gasteiger partial charge in [-0.05, 0) is 54.3 Å². The normalized spacial score (nSPS) is 11.4. The summed E-state index contributed by atoms with van der Waals surface area (Å²) in [5, 5.41) is 11.6. The van der Waals surface area contributed by atoms with Crippen LogP contribution in [0.3, 0.4) is 0 Å². The third-order valence-electron chi connectivity index (χ3n) is 6.27. The molecule has 5 rings (SSSR count). The van der Waals surface area contributed by atoms with Crippen molar-refractivity contribution in [3.8, 4) is 17.0 Å². The molecule has 1 N–H and O–H groups in total. The molecule has 0 saturated heterocycles. The van der Waals surface area contributed by atoms with Crippen LogP contribution in [0.2, 0.25) is 0 Å². The molecule has 0 radical (unpaired) electrons. The minimum Gasteiger partial charge on any atom is -0.471 e. The third-order valence-corrected chi connectivity index (χ3v) is 6.27. The number of nitrogens with zero attached hydrogens (tertiary/aromatic N) is 5. The summed E-state index contributed by atoms with van der Waals surface area (Å²) in [5.41, 5.74) is 4.29. The number of hydrogen-bond acceptors (Lipinski definition) is 7. The molecular weight excluding hydrogens is 508 g/mol. The van der Waals surface area contributed by atoms with E-state index in [-0.39, 0.29) is 35.9 Å². The number of aromatic nitrogens is 5. The molecule has 5 aromatic rings. The summed E-state index contributed by atoms with van der Waals surface area (Å²) in [7, 11) is 0. The number of ether oxygens (including phenoxy) is 2. The maximum absolute atomic E-state index is 12.9. The summed E-state index contributed by atoms with van der Waals surface area (Å²) in [5.74, 6) is -0.108. The zero-order valence-corrected chi connectivity index (χ0v) is 22.8. The van der Waals surface area contributed by atoms with Gasteiger partial charge in [-0.3, -0.25) is 4.79 Å². The lowest BCUT2D eigenvalue weighted by atomic mass is 9.87. The maximum Gasteiger partial charge on any atom is 0.343 e. The van der Waals surface area contributed by atoms with Gasteiger partial charge in [0.25, 0.3) is 5.91 Å². The van der Waals surface area contributed by atoms with Gasteiger partial charge in [0.15, 0.2) is 18.1 Å². The predicted octanol–water partition coefficient (Wildman–Crippen LogP) is 5.36. The number of benzene rings is 2. The van der Waals surface area contributed by atoms with E-state index in [9.17, 15) is 9.59 Å². The van der Waals surface area contributed by atoms with Crippen LogP contribution in [0.15, 0.2) is 79.3 Å². The van der Waals surface area contributed by atoms with Crippen LogP contribution in [-0.4, -0.2) is 42.9 Å². The number of amides is 1. The van der Waals surface area contributed by atoms with Gasteiger partial charge >= 0.3 is 5.97 Å². The second-order valence-corrected chi connectivity index (χ2v) is 10.2. The Bertz CT molecular complexity index is 1660. The molecule has 10 heteroatoms. The van der Waals surface area contributed by atoms with Gasteiger partial charge in [-0.25, -0.2) is 19.0 Å². The molecule has 2 aromatic carbocycles. The highest BCUT2D eigenvalue weighted by atomic mass is 16.5. The molecule has 3 heterocycles. The molecule has 10 nitrogen and oxygen atoms in total. The van der Waals surface area contributed by atoms with E-state index in [1.54, 1.807) is 46.7 Å². The second-order valence-electron chi connectivity index (χ2n) is 10.2. The van der Waals surface area contributed by atoms with Gasteiger partial charge in [-0.15, -0.1) is 0 Å². The van der Waals surface area contributed by atoms with Crippen LogP contribution >= 0.6 is 0 Å². The van der Waals surface area contributed by atoms with Crippen LogP contribution in [0, 0.1) is 0 Å². The van der Waals surface area contributed by atoms with Crippen LogP contribution in [0.25, 0.3) is 16.9 Å². The van der Waals surface area contributed by atoms with Crippen molar-refractivity contribution in [2.24, 2.45) is 0 Å². The summed E-state index contributed by atoms with van der Waals surface area (Å²) in [6.07, 6.45) is 4.74. The van der Waals surface area contributed by atoms with E-state index in [0.717, 1.165) is 11.3 Å². The Balaban J connectivity index is 1.26. The maximum atomic E-state index is 12.9. The molecule has 0 fully saturated rings. The largest absolute Gasteiger partial charge is 0.471 e. The van der Waals surface area contributed by atoms with E-state index in [0.29, 0.717) is 17.0 Å². The molecule has 0 aliphatic carbocycles. The number of fused-ring (bicyclic) bond motifs is 1. The van der Waals surface area contributed by atoms with Gasteiger partial charge in [0.1, 0.15) is 11.3 Å². The fourth-order valence-corrected chi connectivity index (χ4v) is 4.16. The molecule has 0 aliphatic heterocycles. The lowest BCUT2D eigenvalue weighted by Crippen LogP contribution is -2.14. The molecule has 3 aromatic heterocycles. The van der Waals surface area contributed by atoms with Gasteiger partial charge in [0, 0.05) is 23.6 Å². The third kappa shape index (κ3) is 5.70. The number of anilines is 1. The van der Waals surface area contributed by atoms with Gasteiger partial charge in [-0.1, -0.05) is 45.0 Å². The topological polar surface area (TPSA) is 113 Å². The number of carbonyl (C=O) groups excluding carboxylic acids is 2. The van der Waals surface area contributed by atoms with Crippen molar-refractivity contribution in [2.45, 2.75) is 39.8 Å². The number of hydrogen-bond donors (Lipinski definition) is 1. The Labute approximate surface area is 231 Å². The molecule has 0 saturated carbocycles. The van der Waals surface area contributed by atoms with Gasteiger partial charge in [-0.2, -0.15) is 10.2 Å². The van der Waals surface area contributed by atoms with E-state index in [4.69, 9.17) is 9.47 Å². The summed E-state index contributed by atoms with van der Waals surface area (Å²) in [6.45, 7) is 8.66. The molecule has 40 heavy (non-hydrogen) atoms. The summed E-state index contributed by atoms with van der Waals surface area (Å²) < 4.78 is 14.1. The Morgan fingerprint density at radius 2 is 1.82 bits per heavy atom. The summed E-state index contributed by atoms with van der Waals surface area (Å²) in [6, 6.07) is 18.7.